The van der Waals surface area contributed by atoms with E-state index in [9.17, 15) is 0 Å². The summed E-state index contributed by atoms with van der Waals surface area (Å²) in [5, 5.41) is 6.78. The fourth-order valence-electron chi connectivity index (χ4n) is 7.68. The Bertz CT molecular complexity index is 3100. The highest BCUT2D eigenvalue weighted by molar-refractivity contribution is 7.26. The standard InChI is InChI=1S/C43H25N5S/c1-3-13-26(14-4-1)37-42-39(31-19-9-12-22-36(31)49-42)46-43(45-37)48-35-21-11-8-18-29(35)33-25-44-38-32(40(33)48)24-23-30-28-17-7-10-20-34(28)47(41(30)38)27-15-5-2-6-16-27/h1-25H. The Balaban J connectivity index is 1.32. The van der Waals surface area contributed by atoms with Crippen molar-refractivity contribution in [1.82, 2.24) is 24.1 Å². The Hall–Kier alpha value is -6.37. The Morgan fingerprint density at radius 2 is 1.08 bits per heavy atom. The number of nitrogens with zero attached hydrogens (tertiary/aromatic N) is 5. The zero-order chi connectivity index (χ0) is 32.1. The molecule has 6 heteroatoms. The minimum Gasteiger partial charge on any atom is -0.307 e. The van der Waals surface area contributed by atoms with Crippen molar-refractivity contribution in [3.63, 3.8) is 0 Å². The average molecular weight is 644 g/mol. The van der Waals surface area contributed by atoms with E-state index >= 15 is 0 Å². The molecule has 11 rings (SSSR count). The summed E-state index contributed by atoms with van der Waals surface area (Å²) in [5.74, 6) is 0.650. The maximum atomic E-state index is 5.41. The molecule has 0 aliphatic heterocycles. The Labute approximate surface area is 284 Å². The van der Waals surface area contributed by atoms with Crippen LogP contribution in [0.3, 0.4) is 0 Å². The van der Waals surface area contributed by atoms with Crippen molar-refractivity contribution in [3.8, 4) is 22.9 Å². The third-order valence-electron chi connectivity index (χ3n) is 9.77. The van der Waals surface area contributed by atoms with E-state index in [1.807, 2.05) is 6.20 Å². The van der Waals surface area contributed by atoms with Crippen molar-refractivity contribution in [1.29, 1.82) is 0 Å². The molecule has 49 heavy (non-hydrogen) atoms. The summed E-state index contributed by atoms with van der Waals surface area (Å²) in [6.45, 7) is 0. The summed E-state index contributed by atoms with van der Waals surface area (Å²) in [7, 11) is 0. The number of fused-ring (bicyclic) bond motifs is 12. The second kappa shape index (κ2) is 10.1. The first-order valence-electron chi connectivity index (χ1n) is 16.4. The van der Waals surface area contributed by atoms with Gasteiger partial charge in [0.05, 0.1) is 43.5 Å². The third-order valence-corrected chi connectivity index (χ3v) is 10.9. The molecule has 0 aliphatic rings. The molecule has 0 atom stereocenters. The number of rotatable bonds is 3. The first-order chi connectivity index (χ1) is 24.3. The van der Waals surface area contributed by atoms with E-state index in [2.05, 4.69) is 155 Å². The summed E-state index contributed by atoms with van der Waals surface area (Å²) in [4.78, 5) is 16.1. The van der Waals surface area contributed by atoms with E-state index < -0.39 is 0 Å². The quantitative estimate of drug-likeness (QED) is 0.192. The lowest BCUT2D eigenvalue weighted by atomic mass is 10.1. The molecule has 0 N–H and O–H groups in total. The minimum atomic E-state index is 0.650. The van der Waals surface area contributed by atoms with Gasteiger partial charge in [-0.05, 0) is 36.4 Å². The lowest BCUT2D eigenvalue weighted by Crippen LogP contribution is -2.03. The molecular weight excluding hydrogens is 619 g/mol. The van der Waals surface area contributed by atoms with Crippen LogP contribution in [0.25, 0.3) is 97.7 Å². The topological polar surface area (TPSA) is 48.5 Å². The second-order valence-corrected chi connectivity index (χ2v) is 13.5. The SMILES string of the molecule is c1ccc(-c2nc(-n3c4ccccc4c4cnc5c(ccc6c7ccccc7n(-c7ccccc7)c65)c43)nc3c2sc2ccccc23)cc1. The van der Waals surface area contributed by atoms with Crippen LogP contribution in [0.5, 0.6) is 0 Å². The molecule has 0 saturated carbocycles. The maximum absolute atomic E-state index is 5.41. The molecule has 0 spiro atoms. The zero-order valence-corrected chi connectivity index (χ0v) is 26.9. The highest BCUT2D eigenvalue weighted by atomic mass is 32.1. The largest absolute Gasteiger partial charge is 0.307 e. The first-order valence-corrected chi connectivity index (χ1v) is 17.2. The molecule has 0 aliphatic carbocycles. The van der Waals surface area contributed by atoms with Gasteiger partial charge in [-0.25, -0.2) is 9.97 Å². The van der Waals surface area contributed by atoms with Crippen molar-refractivity contribution < 1.29 is 0 Å². The molecule has 5 nitrogen and oxygen atoms in total. The molecule has 5 aromatic heterocycles. The molecule has 0 radical (unpaired) electrons. The Kier molecular flexibility index (Phi) is 5.48. The van der Waals surface area contributed by atoms with Crippen LogP contribution >= 0.6 is 11.3 Å². The lowest BCUT2D eigenvalue weighted by molar-refractivity contribution is 1.02. The monoisotopic (exact) mass is 643 g/mol. The van der Waals surface area contributed by atoms with Crippen molar-refractivity contribution in [2.75, 3.05) is 0 Å². The Morgan fingerprint density at radius 3 is 1.88 bits per heavy atom. The molecule has 0 bridgehead atoms. The number of thiophene rings is 1. The number of benzene rings is 6. The van der Waals surface area contributed by atoms with Crippen LogP contribution in [0, 0.1) is 0 Å². The van der Waals surface area contributed by atoms with Crippen LogP contribution < -0.4 is 0 Å². The van der Waals surface area contributed by atoms with Crippen LogP contribution in [0.1, 0.15) is 0 Å². The highest BCUT2D eigenvalue weighted by Crippen LogP contribution is 2.43. The lowest BCUT2D eigenvalue weighted by Gasteiger charge is -2.12. The van der Waals surface area contributed by atoms with Crippen molar-refractivity contribution in [2.45, 2.75) is 0 Å². The maximum Gasteiger partial charge on any atom is 0.235 e. The average Bonchev–Trinajstić information content (AvgIpc) is 3.83. The van der Waals surface area contributed by atoms with Gasteiger partial charge in [-0.15, -0.1) is 11.3 Å². The molecule has 0 unspecified atom stereocenters. The number of aromatic nitrogens is 5. The van der Waals surface area contributed by atoms with Gasteiger partial charge in [0.2, 0.25) is 5.95 Å². The number of hydrogen-bond acceptors (Lipinski definition) is 4. The van der Waals surface area contributed by atoms with Crippen LogP contribution in [-0.2, 0) is 0 Å². The normalized spacial score (nSPS) is 12.1. The highest BCUT2D eigenvalue weighted by Gasteiger charge is 2.23. The zero-order valence-electron chi connectivity index (χ0n) is 26.1. The van der Waals surface area contributed by atoms with E-state index in [4.69, 9.17) is 15.0 Å². The van der Waals surface area contributed by atoms with E-state index in [0.717, 1.165) is 76.3 Å². The predicted octanol–water partition coefficient (Wildman–Crippen LogP) is 11.3. The number of hydrogen-bond donors (Lipinski definition) is 0. The first kappa shape index (κ1) is 26.7. The van der Waals surface area contributed by atoms with Crippen molar-refractivity contribution in [3.05, 3.63) is 152 Å². The molecular formula is C43H25N5S. The molecule has 228 valence electrons. The minimum absolute atomic E-state index is 0.650. The van der Waals surface area contributed by atoms with E-state index in [1.54, 1.807) is 11.3 Å². The van der Waals surface area contributed by atoms with Crippen molar-refractivity contribution in [2.24, 2.45) is 0 Å². The van der Waals surface area contributed by atoms with E-state index in [1.165, 1.54) is 15.5 Å². The summed E-state index contributed by atoms with van der Waals surface area (Å²) in [5.41, 5.74) is 9.39. The molecule has 11 aromatic rings. The van der Waals surface area contributed by atoms with Gasteiger partial charge in [0.15, 0.2) is 0 Å². The Morgan fingerprint density at radius 1 is 0.449 bits per heavy atom. The van der Waals surface area contributed by atoms with Gasteiger partial charge in [-0.3, -0.25) is 9.55 Å². The van der Waals surface area contributed by atoms with Gasteiger partial charge in [-0.1, -0.05) is 109 Å². The van der Waals surface area contributed by atoms with Crippen LogP contribution in [0.15, 0.2) is 152 Å². The van der Waals surface area contributed by atoms with Crippen LogP contribution in [0.2, 0.25) is 0 Å². The van der Waals surface area contributed by atoms with Gasteiger partial charge in [0.25, 0.3) is 0 Å². The molecule has 0 amide bonds. The number of para-hydroxylation sites is 3. The molecule has 0 fully saturated rings. The van der Waals surface area contributed by atoms with Gasteiger partial charge in [0.1, 0.15) is 0 Å². The van der Waals surface area contributed by atoms with Crippen molar-refractivity contribution >= 4 is 86.2 Å². The summed E-state index contributed by atoms with van der Waals surface area (Å²) >= 11 is 1.75. The third kappa shape index (κ3) is 3.72. The van der Waals surface area contributed by atoms with Gasteiger partial charge < -0.3 is 4.57 Å². The molecule has 0 saturated heterocycles. The van der Waals surface area contributed by atoms with Gasteiger partial charge >= 0.3 is 0 Å². The second-order valence-electron chi connectivity index (χ2n) is 12.4. The van der Waals surface area contributed by atoms with Gasteiger partial charge in [0, 0.05) is 54.5 Å². The molecule has 6 aromatic carbocycles. The van der Waals surface area contributed by atoms with Crippen LogP contribution in [-0.4, -0.2) is 24.1 Å². The van der Waals surface area contributed by atoms with E-state index in [0.29, 0.717) is 5.95 Å². The summed E-state index contributed by atoms with van der Waals surface area (Å²) in [6.07, 6.45) is 2.04. The number of pyridine rings is 1. The fraction of sp³-hybridized carbons (Fsp3) is 0. The predicted molar refractivity (Wildman–Crippen MR) is 204 cm³/mol. The fourth-order valence-corrected chi connectivity index (χ4v) is 8.83. The van der Waals surface area contributed by atoms with Crippen LogP contribution in [0.4, 0.5) is 0 Å². The summed E-state index contributed by atoms with van der Waals surface area (Å²) in [6, 6.07) is 51.3. The van der Waals surface area contributed by atoms with Gasteiger partial charge in [-0.2, -0.15) is 0 Å². The van der Waals surface area contributed by atoms with E-state index in [-0.39, 0.29) is 0 Å². The summed E-state index contributed by atoms with van der Waals surface area (Å²) < 4.78 is 6.91. The molecule has 5 heterocycles. The smallest absolute Gasteiger partial charge is 0.235 e.